The third kappa shape index (κ3) is 5.54. The van der Waals surface area contributed by atoms with Gasteiger partial charge in [-0.15, -0.1) is 0 Å². The topological polar surface area (TPSA) is 126 Å². The molecule has 9 nitrogen and oxygen atoms in total. The molecule has 1 fully saturated rings. The smallest absolute Gasteiger partial charge is 0.261 e. The van der Waals surface area contributed by atoms with Gasteiger partial charge in [-0.2, -0.15) is 0 Å². The van der Waals surface area contributed by atoms with E-state index in [4.69, 9.17) is 16.6 Å². The number of piperidine rings is 1. The molecule has 198 valence electrons. The van der Waals surface area contributed by atoms with Crippen LogP contribution in [0.3, 0.4) is 0 Å². The third-order valence-electron chi connectivity index (χ3n) is 6.95. The molecule has 0 spiro atoms. The minimum absolute atomic E-state index is 0.00874. The average Bonchev–Trinajstić information content (AvgIpc) is 3.31. The van der Waals surface area contributed by atoms with E-state index in [2.05, 4.69) is 37.6 Å². The minimum Gasteiger partial charge on any atom is -0.387 e. The summed E-state index contributed by atoms with van der Waals surface area (Å²) in [5.74, 6) is 0.459. The number of aliphatic hydroxyl groups is 1. The van der Waals surface area contributed by atoms with Gasteiger partial charge in [0.1, 0.15) is 11.4 Å². The Labute approximate surface area is 225 Å². The molecule has 1 atom stereocenters. The Hall–Kier alpha value is -3.82. The van der Waals surface area contributed by atoms with Gasteiger partial charge in [-0.25, -0.2) is 4.98 Å². The van der Waals surface area contributed by atoms with E-state index in [0.29, 0.717) is 27.7 Å². The van der Waals surface area contributed by atoms with E-state index in [0.717, 1.165) is 48.2 Å². The number of pyridine rings is 1. The number of nitrogens with zero attached hydrogens (tertiary/aromatic N) is 2. The first-order valence-corrected chi connectivity index (χ1v) is 13.1. The van der Waals surface area contributed by atoms with Crippen molar-refractivity contribution >= 4 is 39.9 Å². The second-order valence-electron chi connectivity index (χ2n) is 9.75. The SMILES string of the molecule is CC(=O)NC1CCN(c2cc(C)c3nc(-c4c(NC[C@@H](O)c5cccc(Cl)c5)cc[nH]c4=O)[nH]c3c2)CC1. The Morgan fingerprint density at radius 2 is 2.03 bits per heavy atom. The molecule has 0 aliphatic carbocycles. The molecule has 1 aliphatic heterocycles. The highest BCUT2D eigenvalue weighted by atomic mass is 35.5. The van der Waals surface area contributed by atoms with Crippen LogP contribution in [0.25, 0.3) is 22.4 Å². The van der Waals surface area contributed by atoms with E-state index in [1.54, 1.807) is 43.5 Å². The predicted molar refractivity (Wildman–Crippen MR) is 151 cm³/mol. The standard InChI is InChI=1S/C28H31ClN6O3/c1-16-12-21(35-10-7-20(8-11-35)32-17(2)36)14-23-26(16)34-27(33-23)25-22(6-9-30-28(25)38)31-15-24(37)18-4-3-5-19(29)13-18/h3-6,9,12-14,20,24,37H,7-8,10-11,15H2,1-2H3,(H,32,36)(H,33,34)(H2,30,31,38)/t24-/m1/s1. The van der Waals surface area contributed by atoms with Crippen LogP contribution in [-0.4, -0.2) is 51.6 Å². The molecule has 1 aliphatic rings. The molecule has 5 N–H and O–H groups in total. The molecular weight excluding hydrogens is 504 g/mol. The van der Waals surface area contributed by atoms with Crippen LogP contribution in [0, 0.1) is 6.92 Å². The van der Waals surface area contributed by atoms with E-state index in [1.807, 2.05) is 6.92 Å². The molecule has 2 aromatic heterocycles. The number of aromatic amines is 2. The Morgan fingerprint density at radius 1 is 1.24 bits per heavy atom. The number of carbonyl (C=O) groups excluding carboxylic acids is 1. The number of hydrogen-bond donors (Lipinski definition) is 5. The first-order chi connectivity index (χ1) is 18.3. The van der Waals surface area contributed by atoms with Crippen LogP contribution in [0.1, 0.15) is 37.0 Å². The number of hydrogen-bond acceptors (Lipinski definition) is 6. The lowest BCUT2D eigenvalue weighted by Gasteiger charge is -2.34. The number of anilines is 2. The summed E-state index contributed by atoms with van der Waals surface area (Å²) in [7, 11) is 0. The first kappa shape index (κ1) is 25.8. The number of halogens is 1. The Morgan fingerprint density at radius 3 is 2.76 bits per heavy atom. The number of nitrogens with one attached hydrogen (secondary N) is 4. The predicted octanol–water partition coefficient (Wildman–Crippen LogP) is 4.13. The van der Waals surface area contributed by atoms with Gasteiger partial charge in [0.15, 0.2) is 0 Å². The zero-order valence-electron chi connectivity index (χ0n) is 21.3. The largest absolute Gasteiger partial charge is 0.387 e. The number of aryl methyl sites for hydroxylation is 1. The monoisotopic (exact) mass is 534 g/mol. The number of rotatable bonds is 7. The number of aromatic nitrogens is 3. The minimum atomic E-state index is -0.809. The van der Waals surface area contributed by atoms with Gasteiger partial charge in [-0.1, -0.05) is 23.7 Å². The van der Waals surface area contributed by atoms with Crippen molar-refractivity contribution in [3.63, 3.8) is 0 Å². The number of imidazole rings is 1. The van der Waals surface area contributed by atoms with Gasteiger partial charge in [-0.05, 0) is 61.2 Å². The molecular formula is C28H31ClN6O3. The van der Waals surface area contributed by atoms with Crippen molar-refractivity contribution in [2.75, 3.05) is 29.9 Å². The molecule has 10 heteroatoms. The molecule has 0 unspecified atom stereocenters. The van der Waals surface area contributed by atoms with Gasteiger partial charge < -0.3 is 30.6 Å². The van der Waals surface area contributed by atoms with Crippen LogP contribution < -0.4 is 21.1 Å². The van der Waals surface area contributed by atoms with E-state index in [9.17, 15) is 14.7 Å². The second-order valence-corrected chi connectivity index (χ2v) is 10.2. The maximum atomic E-state index is 12.9. The van der Waals surface area contributed by atoms with E-state index in [-0.39, 0.29) is 24.1 Å². The van der Waals surface area contributed by atoms with Crippen LogP contribution in [0.5, 0.6) is 0 Å². The van der Waals surface area contributed by atoms with Gasteiger partial charge >= 0.3 is 0 Å². The number of carbonyl (C=O) groups is 1. The number of fused-ring (bicyclic) bond motifs is 1. The highest BCUT2D eigenvalue weighted by Gasteiger charge is 2.22. The Bertz CT molecular complexity index is 1520. The van der Waals surface area contributed by atoms with Crippen molar-refractivity contribution in [3.8, 4) is 11.4 Å². The normalized spacial score (nSPS) is 15.0. The van der Waals surface area contributed by atoms with Crippen molar-refractivity contribution in [3.05, 3.63) is 75.2 Å². The molecule has 0 bridgehead atoms. The Balaban J connectivity index is 1.39. The highest BCUT2D eigenvalue weighted by Crippen LogP contribution is 2.30. The summed E-state index contributed by atoms with van der Waals surface area (Å²) in [6.07, 6.45) is 2.54. The molecule has 38 heavy (non-hydrogen) atoms. The molecule has 5 rings (SSSR count). The summed E-state index contributed by atoms with van der Waals surface area (Å²) in [4.78, 5) is 37.5. The summed E-state index contributed by atoms with van der Waals surface area (Å²) in [6, 6.07) is 13.2. The van der Waals surface area contributed by atoms with Crippen LogP contribution in [0.4, 0.5) is 11.4 Å². The van der Waals surface area contributed by atoms with Crippen molar-refractivity contribution in [1.29, 1.82) is 0 Å². The van der Waals surface area contributed by atoms with Crippen LogP contribution in [0.2, 0.25) is 5.02 Å². The summed E-state index contributed by atoms with van der Waals surface area (Å²) >= 11 is 6.06. The van der Waals surface area contributed by atoms with E-state index >= 15 is 0 Å². The average molecular weight is 535 g/mol. The zero-order chi connectivity index (χ0) is 26.8. The number of amides is 1. The second kappa shape index (κ2) is 10.9. The fourth-order valence-corrected chi connectivity index (χ4v) is 5.24. The van der Waals surface area contributed by atoms with Crippen molar-refractivity contribution in [2.24, 2.45) is 0 Å². The lowest BCUT2D eigenvalue weighted by Crippen LogP contribution is -2.44. The van der Waals surface area contributed by atoms with Gasteiger partial charge in [0.25, 0.3) is 5.56 Å². The van der Waals surface area contributed by atoms with Crippen LogP contribution >= 0.6 is 11.6 Å². The Kier molecular flexibility index (Phi) is 7.40. The summed E-state index contributed by atoms with van der Waals surface area (Å²) in [5.41, 5.74) is 5.05. The van der Waals surface area contributed by atoms with Gasteiger partial charge in [-0.3, -0.25) is 9.59 Å². The summed E-state index contributed by atoms with van der Waals surface area (Å²) in [6.45, 7) is 5.45. The molecule has 4 aromatic rings. The molecule has 1 saturated heterocycles. The van der Waals surface area contributed by atoms with Gasteiger partial charge in [0, 0.05) is 49.5 Å². The lowest BCUT2D eigenvalue weighted by molar-refractivity contribution is -0.119. The quantitative estimate of drug-likeness (QED) is 0.243. The molecule has 0 saturated carbocycles. The van der Waals surface area contributed by atoms with Crippen molar-refractivity contribution in [2.45, 2.75) is 38.8 Å². The van der Waals surface area contributed by atoms with Crippen LogP contribution in [0.15, 0.2) is 53.5 Å². The zero-order valence-corrected chi connectivity index (χ0v) is 22.1. The fourth-order valence-electron chi connectivity index (χ4n) is 5.04. The van der Waals surface area contributed by atoms with E-state index in [1.165, 1.54) is 0 Å². The summed E-state index contributed by atoms with van der Waals surface area (Å²) < 4.78 is 0. The van der Waals surface area contributed by atoms with Gasteiger partial charge in [0.05, 0.1) is 22.8 Å². The highest BCUT2D eigenvalue weighted by molar-refractivity contribution is 6.30. The molecule has 3 heterocycles. The lowest BCUT2D eigenvalue weighted by atomic mass is 10.0. The van der Waals surface area contributed by atoms with Gasteiger partial charge in [0.2, 0.25) is 5.91 Å². The number of aliphatic hydroxyl groups excluding tert-OH is 1. The summed E-state index contributed by atoms with van der Waals surface area (Å²) in [5, 5.41) is 17.4. The number of benzene rings is 2. The van der Waals surface area contributed by atoms with Crippen molar-refractivity contribution in [1.82, 2.24) is 20.3 Å². The van der Waals surface area contributed by atoms with Crippen LogP contribution in [-0.2, 0) is 4.79 Å². The third-order valence-corrected chi connectivity index (χ3v) is 7.18. The molecule has 1 amide bonds. The number of H-pyrrole nitrogens is 2. The molecule has 2 aromatic carbocycles. The fraction of sp³-hybridized carbons (Fsp3) is 0.321. The first-order valence-electron chi connectivity index (χ1n) is 12.7. The van der Waals surface area contributed by atoms with E-state index < -0.39 is 6.10 Å². The van der Waals surface area contributed by atoms with Crippen molar-refractivity contribution < 1.29 is 9.90 Å². The maximum absolute atomic E-state index is 12.9. The molecule has 0 radical (unpaired) electrons. The maximum Gasteiger partial charge on any atom is 0.261 e.